The molecule has 0 spiro atoms. The number of ether oxygens (including phenoxy) is 4. The van der Waals surface area contributed by atoms with Crippen LogP contribution in [0.4, 0.5) is 4.39 Å². The highest BCUT2D eigenvalue weighted by molar-refractivity contribution is 5.85. The first kappa shape index (κ1) is 22.9. The van der Waals surface area contributed by atoms with Crippen molar-refractivity contribution in [2.45, 2.75) is 26.7 Å². The minimum Gasteiger partial charge on any atom is -0.487 e. The summed E-state index contributed by atoms with van der Waals surface area (Å²) in [6, 6.07) is 8.49. The molecule has 0 amide bonds. The Bertz CT molecular complexity index is 798. The Morgan fingerprint density at radius 1 is 0.931 bits per heavy atom. The number of rotatable bonds is 11. The van der Waals surface area contributed by atoms with Gasteiger partial charge in [-0.25, -0.2) is 4.39 Å². The Balaban J connectivity index is 2.74. The van der Waals surface area contributed by atoms with Crippen LogP contribution in [-0.4, -0.2) is 40.6 Å². The molecule has 2 rings (SSSR count). The predicted molar refractivity (Wildman–Crippen MR) is 115 cm³/mol. The van der Waals surface area contributed by atoms with Crippen LogP contribution in [0.25, 0.3) is 17.2 Å². The fraction of sp³-hybridized carbons (Fsp3) is 0.417. The van der Waals surface area contributed by atoms with Gasteiger partial charge in [0, 0.05) is 19.8 Å². The summed E-state index contributed by atoms with van der Waals surface area (Å²) >= 11 is 0. The summed E-state index contributed by atoms with van der Waals surface area (Å²) in [6.45, 7) is 7.96. The van der Waals surface area contributed by atoms with Crippen LogP contribution in [0.1, 0.15) is 37.8 Å². The Labute approximate surface area is 173 Å². The molecule has 2 aromatic carbocycles. The molecule has 0 aromatic heterocycles. The van der Waals surface area contributed by atoms with Gasteiger partial charge in [0.05, 0.1) is 13.2 Å². The number of methoxy groups -OCH3 is 2. The second-order valence-electron chi connectivity index (χ2n) is 6.93. The first-order valence-electron chi connectivity index (χ1n) is 9.86. The molecule has 0 saturated heterocycles. The van der Waals surface area contributed by atoms with Crippen LogP contribution < -0.4 is 9.47 Å². The van der Waals surface area contributed by atoms with Gasteiger partial charge >= 0.3 is 0 Å². The minimum absolute atomic E-state index is 0.262. The Kier molecular flexibility index (Phi) is 9.16. The van der Waals surface area contributed by atoms with Crippen molar-refractivity contribution in [1.29, 1.82) is 0 Å². The van der Waals surface area contributed by atoms with Crippen molar-refractivity contribution < 1.29 is 23.3 Å². The lowest BCUT2D eigenvalue weighted by atomic mass is 9.88. The maximum Gasteiger partial charge on any atom is 0.169 e. The number of benzene rings is 2. The van der Waals surface area contributed by atoms with Crippen molar-refractivity contribution in [3.05, 3.63) is 53.4 Å². The molecule has 29 heavy (non-hydrogen) atoms. The topological polar surface area (TPSA) is 36.9 Å². The zero-order valence-corrected chi connectivity index (χ0v) is 18.0. The van der Waals surface area contributed by atoms with E-state index >= 15 is 0 Å². The summed E-state index contributed by atoms with van der Waals surface area (Å²) in [7, 11) is 3.27. The molecule has 0 aliphatic rings. The normalized spacial score (nSPS) is 11.4. The maximum atomic E-state index is 13.6. The molecule has 4 nitrogen and oxygen atoms in total. The molecule has 5 heteroatoms. The van der Waals surface area contributed by atoms with Gasteiger partial charge in [-0.1, -0.05) is 38.1 Å². The Hall–Kier alpha value is -2.37. The predicted octanol–water partition coefficient (Wildman–Crippen LogP) is 5.70. The third kappa shape index (κ3) is 6.05. The van der Waals surface area contributed by atoms with Crippen molar-refractivity contribution in [2.24, 2.45) is 0 Å². The highest BCUT2D eigenvalue weighted by Gasteiger charge is 2.22. The molecule has 0 fully saturated rings. The molecule has 0 aliphatic heterocycles. The van der Waals surface area contributed by atoms with E-state index in [1.807, 2.05) is 19.1 Å². The lowest BCUT2D eigenvalue weighted by molar-refractivity contribution is 0.132. The molecule has 0 heterocycles. The smallest absolute Gasteiger partial charge is 0.169 e. The third-order valence-electron chi connectivity index (χ3n) is 4.48. The Morgan fingerprint density at radius 3 is 2.10 bits per heavy atom. The zero-order chi connectivity index (χ0) is 21.2. The standard InChI is InChI=1S/C24H31FO4/c1-6-7-20-21(17(2)3)16-22(28-14-12-26-4)24(29-15-13-27-5)23(20)18-8-10-19(25)11-9-18/h6-11,16-17H,12-15H2,1-5H3/b7-6+. The molecule has 0 radical (unpaired) electrons. The highest BCUT2D eigenvalue weighted by Crippen LogP contribution is 2.45. The maximum absolute atomic E-state index is 13.6. The van der Waals surface area contributed by atoms with Gasteiger partial charge in [0.25, 0.3) is 0 Å². The van der Waals surface area contributed by atoms with Gasteiger partial charge in [0.1, 0.15) is 19.0 Å². The summed E-state index contributed by atoms with van der Waals surface area (Å²) in [6.07, 6.45) is 4.06. The van der Waals surface area contributed by atoms with E-state index in [0.717, 1.165) is 22.3 Å². The van der Waals surface area contributed by atoms with Gasteiger partial charge in [0.15, 0.2) is 11.5 Å². The van der Waals surface area contributed by atoms with E-state index in [4.69, 9.17) is 18.9 Å². The second kappa shape index (κ2) is 11.6. The van der Waals surface area contributed by atoms with Crippen molar-refractivity contribution in [3.63, 3.8) is 0 Å². The van der Waals surface area contributed by atoms with Gasteiger partial charge in [0.2, 0.25) is 0 Å². The average Bonchev–Trinajstić information content (AvgIpc) is 2.70. The molecule has 0 N–H and O–H groups in total. The molecule has 0 aliphatic carbocycles. The molecular weight excluding hydrogens is 371 g/mol. The van der Waals surface area contributed by atoms with E-state index < -0.39 is 0 Å². The van der Waals surface area contributed by atoms with E-state index in [9.17, 15) is 4.39 Å². The van der Waals surface area contributed by atoms with Crippen LogP contribution in [0.15, 0.2) is 36.4 Å². The largest absolute Gasteiger partial charge is 0.487 e. The second-order valence-corrected chi connectivity index (χ2v) is 6.93. The van der Waals surface area contributed by atoms with Crippen LogP contribution in [0.3, 0.4) is 0 Å². The number of allylic oxidation sites excluding steroid dienone is 1. The first-order chi connectivity index (χ1) is 14.0. The van der Waals surface area contributed by atoms with Crippen LogP contribution in [0, 0.1) is 5.82 Å². The molecule has 0 atom stereocenters. The number of halogens is 1. The Morgan fingerprint density at radius 2 is 1.55 bits per heavy atom. The monoisotopic (exact) mass is 402 g/mol. The van der Waals surface area contributed by atoms with Crippen LogP contribution in [0.2, 0.25) is 0 Å². The third-order valence-corrected chi connectivity index (χ3v) is 4.48. The minimum atomic E-state index is -0.278. The zero-order valence-electron chi connectivity index (χ0n) is 18.0. The van der Waals surface area contributed by atoms with Crippen LogP contribution in [-0.2, 0) is 9.47 Å². The van der Waals surface area contributed by atoms with E-state index in [1.54, 1.807) is 26.4 Å². The quantitative estimate of drug-likeness (QED) is 0.452. The van der Waals surface area contributed by atoms with E-state index in [1.165, 1.54) is 12.1 Å². The molecule has 158 valence electrons. The summed E-state index contributed by atoms with van der Waals surface area (Å²) in [5.74, 6) is 1.26. The average molecular weight is 403 g/mol. The fourth-order valence-corrected chi connectivity index (χ4v) is 3.11. The van der Waals surface area contributed by atoms with Crippen molar-refractivity contribution in [2.75, 3.05) is 40.6 Å². The lowest BCUT2D eigenvalue weighted by Crippen LogP contribution is -2.11. The van der Waals surface area contributed by atoms with Crippen molar-refractivity contribution >= 4 is 6.08 Å². The van der Waals surface area contributed by atoms with Crippen LogP contribution in [0.5, 0.6) is 11.5 Å². The van der Waals surface area contributed by atoms with Gasteiger partial charge in [-0.15, -0.1) is 0 Å². The summed E-state index contributed by atoms with van der Waals surface area (Å²) in [5, 5.41) is 0. The summed E-state index contributed by atoms with van der Waals surface area (Å²) < 4.78 is 36.0. The molecule has 0 bridgehead atoms. The lowest BCUT2D eigenvalue weighted by Gasteiger charge is -2.23. The fourth-order valence-electron chi connectivity index (χ4n) is 3.11. The summed E-state index contributed by atoms with van der Waals surface area (Å²) in [4.78, 5) is 0. The van der Waals surface area contributed by atoms with Gasteiger partial charge < -0.3 is 18.9 Å². The molecule has 0 unspecified atom stereocenters. The van der Waals surface area contributed by atoms with Crippen molar-refractivity contribution in [1.82, 2.24) is 0 Å². The number of hydrogen-bond donors (Lipinski definition) is 0. The van der Waals surface area contributed by atoms with E-state index in [0.29, 0.717) is 37.9 Å². The van der Waals surface area contributed by atoms with Crippen LogP contribution >= 0.6 is 0 Å². The van der Waals surface area contributed by atoms with Gasteiger partial charge in [-0.3, -0.25) is 0 Å². The van der Waals surface area contributed by atoms with Crippen molar-refractivity contribution in [3.8, 4) is 22.6 Å². The first-order valence-corrected chi connectivity index (χ1v) is 9.86. The van der Waals surface area contributed by atoms with Gasteiger partial charge in [-0.2, -0.15) is 0 Å². The van der Waals surface area contributed by atoms with E-state index in [2.05, 4.69) is 19.9 Å². The molecule has 0 saturated carbocycles. The summed E-state index contributed by atoms with van der Waals surface area (Å²) in [5.41, 5.74) is 3.93. The number of hydrogen-bond acceptors (Lipinski definition) is 4. The highest BCUT2D eigenvalue weighted by atomic mass is 19.1. The molecular formula is C24H31FO4. The van der Waals surface area contributed by atoms with E-state index in [-0.39, 0.29) is 11.7 Å². The molecule has 2 aromatic rings. The van der Waals surface area contributed by atoms with Gasteiger partial charge in [-0.05, 0) is 47.7 Å². The SMILES string of the molecule is C/C=C/c1c(C(C)C)cc(OCCOC)c(OCCOC)c1-c1ccc(F)cc1.